The van der Waals surface area contributed by atoms with Crippen LogP contribution in [0.1, 0.15) is 54.5 Å². The standard InChI is InChI=1S/C23H24FN5O3/c1-14-5-7-15(8-6-14)18-13-19(16-9-11-17(24)12-10-16)29-23(25-18)27-22(28-29)26-20(30)3-2-4-21(31)32/h5-12,18-19H,2-4,13H2,1H3,(H,31,32)(H2,25,26,27,28,30)/t18-,19+/m1/s1. The lowest BCUT2D eigenvalue weighted by Crippen LogP contribution is -2.28. The lowest BCUT2D eigenvalue weighted by Gasteiger charge is -2.31. The zero-order valence-electron chi connectivity index (χ0n) is 17.6. The van der Waals surface area contributed by atoms with Crippen molar-refractivity contribution in [3.8, 4) is 0 Å². The Morgan fingerprint density at radius 2 is 1.81 bits per heavy atom. The molecule has 0 radical (unpaired) electrons. The Morgan fingerprint density at radius 3 is 2.50 bits per heavy atom. The Morgan fingerprint density at radius 1 is 1.12 bits per heavy atom. The molecule has 166 valence electrons. The van der Waals surface area contributed by atoms with Crippen molar-refractivity contribution in [2.24, 2.45) is 0 Å². The smallest absolute Gasteiger partial charge is 0.303 e. The van der Waals surface area contributed by atoms with Crippen molar-refractivity contribution in [1.82, 2.24) is 14.8 Å². The zero-order chi connectivity index (χ0) is 22.7. The van der Waals surface area contributed by atoms with Crippen molar-refractivity contribution in [3.05, 3.63) is 71.0 Å². The summed E-state index contributed by atoms with van der Waals surface area (Å²) in [6.45, 7) is 2.03. The molecule has 1 aliphatic heterocycles. The first-order valence-corrected chi connectivity index (χ1v) is 10.5. The zero-order valence-corrected chi connectivity index (χ0v) is 17.6. The molecule has 3 aromatic rings. The topological polar surface area (TPSA) is 109 Å². The highest BCUT2D eigenvalue weighted by Crippen LogP contribution is 2.38. The van der Waals surface area contributed by atoms with E-state index in [2.05, 4.69) is 32.8 Å². The predicted molar refractivity (Wildman–Crippen MR) is 117 cm³/mol. The average Bonchev–Trinajstić information content (AvgIpc) is 3.16. The number of nitrogens with one attached hydrogen (secondary N) is 2. The van der Waals surface area contributed by atoms with E-state index in [1.165, 1.54) is 12.1 Å². The summed E-state index contributed by atoms with van der Waals surface area (Å²) in [5, 5.41) is 19.2. The van der Waals surface area contributed by atoms with Crippen molar-refractivity contribution < 1.29 is 19.1 Å². The van der Waals surface area contributed by atoms with Crippen LogP contribution in [0.3, 0.4) is 0 Å². The maximum Gasteiger partial charge on any atom is 0.303 e. The first-order valence-electron chi connectivity index (χ1n) is 10.5. The van der Waals surface area contributed by atoms with E-state index < -0.39 is 5.97 Å². The molecule has 9 heteroatoms. The Labute approximate surface area is 184 Å². The molecule has 2 atom stereocenters. The molecule has 2 aromatic carbocycles. The average molecular weight is 437 g/mol. The minimum Gasteiger partial charge on any atom is -0.481 e. The number of anilines is 2. The van der Waals surface area contributed by atoms with E-state index in [-0.39, 0.29) is 49.0 Å². The summed E-state index contributed by atoms with van der Waals surface area (Å²) in [6, 6.07) is 14.3. The lowest BCUT2D eigenvalue weighted by atomic mass is 9.93. The van der Waals surface area contributed by atoms with Gasteiger partial charge in [-0.1, -0.05) is 42.0 Å². The van der Waals surface area contributed by atoms with Crippen LogP contribution in [0.5, 0.6) is 0 Å². The van der Waals surface area contributed by atoms with Gasteiger partial charge in [-0.15, -0.1) is 5.10 Å². The number of benzene rings is 2. The molecule has 0 bridgehead atoms. The first kappa shape index (κ1) is 21.5. The number of hydrogen-bond donors (Lipinski definition) is 3. The third kappa shape index (κ3) is 4.93. The van der Waals surface area contributed by atoms with Gasteiger partial charge in [0.15, 0.2) is 0 Å². The van der Waals surface area contributed by atoms with Gasteiger partial charge < -0.3 is 10.4 Å². The van der Waals surface area contributed by atoms with Gasteiger partial charge in [0, 0.05) is 12.8 Å². The Balaban J connectivity index is 1.59. The van der Waals surface area contributed by atoms with Crippen LogP contribution in [0.25, 0.3) is 0 Å². The van der Waals surface area contributed by atoms with Gasteiger partial charge in [-0.3, -0.25) is 14.9 Å². The molecule has 2 heterocycles. The molecule has 0 unspecified atom stereocenters. The molecular formula is C23H24FN5O3. The molecule has 4 rings (SSSR count). The second kappa shape index (κ2) is 9.17. The van der Waals surface area contributed by atoms with Crippen LogP contribution in [0.15, 0.2) is 48.5 Å². The van der Waals surface area contributed by atoms with Gasteiger partial charge in [0.2, 0.25) is 11.9 Å². The lowest BCUT2D eigenvalue weighted by molar-refractivity contribution is -0.137. The van der Waals surface area contributed by atoms with E-state index >= 15 is 0 Å². The van der Waals surface area contributed by atoms with Crippen LogP contribution in [0.4, 0.5) is 16.3 Å². The molecule has 8 nitrogen and oxygen atoms in total. The Kier molecular flexibility index (Phi) is 6.16. The predicted octanol–water partition coefficient (Wildman–Crippen LogP) is 4.07. The minimum absolute atomic E-state index is 0.0403. The number of carbonyl (C=O) groups is 2. The summed E-state index contributed by atoms with van der Waals surface area (Å²) in [7, 11) is 0. The highest BCUT2D eigenvalue weighted by molar-refractivity contribution is 5.89. The summed E-state index contributed by atoms with van der Waals surface area (Å²) < 4.78 is 15.2. The first-order chi connectivity index (χ1) is 15.4. The number of hydrogen-bond acceptors (Lipinski definition) is 5. The van der Waals surface area contributed by atoms with Crippen LogP contribution in [-0.2, 0) is 9.59 Å². The third-order valence-electron chi connectivity index (χ3n) is 5.47. The van der Waals surface area contributed by atoms with E-state index in [0.29, 0.717) is 12.4 Å². The van der Waals surface area contributed by atoms with Crippen LogP contribution >= 0.6 is 0 Å². The second-order valence-electron chi connectivity index (χ2n) is 7.91. The number of carboxylic acid groups (broad SMARTS) is 1. The molecule has 1 amide bonds. The molecule has 0 aliphatic carbocycles. The van der Waals surface area contributed by atoms with Crippen LogP contribution < -0.4 is 10.6 Å². The van der Waals surface area contributed by atoms with Crippen molar-refractivity contribution in [1.29, 1.82) is 0 Å². The minimum atomic E-state index is -0.943. The number of rotatable bonds is 7. The van der Waals surface area contributed by atoms with E-state index in [4.69, 9.17) is 5.11 Å². The number of nitrogens with zero attached hydrogens (tertiary/aromatic N) is 3. The van der Waals surface area contributed by atoms with Crippen molar-refractivity contribution >= 4 is 23.8 Å². The van der Waals surface area contributed by atoms with E-state index in [1.807, 2.05) is 19.1 Å². The van der Waals surface area contributed by atoms with E-state index in [0.717, 1.165) is 16.7 Å². The monoisotopic (exact) mass is 437 g/mol. The molecule has 3 N–H and O–H groups in total. The van der Waals surface area contributed by atoms with E-state index in [9.17, 15) is 14.0 Å². The maximum atomic E-state index is 13.5. The molecule has 1 aliphatic rings. The number of aromatic nitrogens is 3. The summed E-state index contributed by atoms with van der Waals surface area (Å²) in [5.74, 6) is -0.961. The molecule has 0 saturated heterocycles. The number of aliphatic carboxylic acids is 1. The second-order valence-corrected chi connectivity index (χ2v) is 7.91. The van der Waals surface area contributed by atoms with Crippen LogP contribution in [-0.4, -0.2) is 31.7 Å². The van der Waals surface area contributed by atoms with Gasteiger partial charge in [-0.2, -0.15) is 4.98 Å². The van der Waals surface area contributed by atoms with Crippen LogP contribution in [0, 0.1) is 12.7 Å². The highest BCUT2D eigenvalue weighted by atomic mass is 19.1. The van der Waals surface area contributed by atoms with E-state index in [1.54, 1.807) is 16.8 Å². The Bertz CT molecular complexity index is 1110. The van der Waals surface area contributed by atoms with Crippen molar-refractivity contribution in [2.45, 2.75) is 44.7 Å². The Hall–Kier alpha value is -3.75. The highest BCUT2D eigenvalue weighted by Gasteiger charge is 2.31. The van der Waals surface area contributed by atoms with Gasteiger partial charge in [0.1, 0.15) is 5.82 Å². The van der Waals surface area contributed by atoms with Gasteiger partial charge >= 0.3 is 5.97 Å². The third-order valence-corrected chi connectivity index (χ3v) is 5.47. The summed E-state index contributed by atoms with van der Waals surface area (Å²) in [6.07, 6.45) is 0.891. The van der Waals surface area contributed by atoms with Crippen molar-refractivity contribution in [3.63, 3.8) is 0 Å². The number of carbonyl (C=O) groups excluding carboxylic acids is 1. The molecule has 0 spiro atoms. The maximum absolute atomic E-state index is 13.5. The summed E-state index contributed by atoms with van der Waals surface area (Å²) in [5.41, 5.74) is 3.14. The number of halogens is 1. The number of carboxylic acids is 1. The molecule has 32 heavy (non-hydrogen) atoms. The van der Waals surface area contributed by atoms with Gasteiger partial charge in [-0.25, -0.2) is 9.07 Å². The fourth-order valence-electron chi connectivity index (χ4n) is 3.80. The fourth-order valence-corrected chi connectivity index (χ4v) is 3.80. The largest absolute Gasteiger partial charge is 0.481 e. The van der Waals surface area contributed by atoms with Crippen molar-refractivity contribution in [2.75, 3.05) is 10.6 Å². The summed E-state index contributed by atoms with van der Waals surface area (Å²) >= 11 is 0. The molecule has 0 fully saturated rings. The fraction of sp³-hybridized carbons (Fsp3) is 0.304. The molecular weight excluding hydrogens is 413 g/mol. The molecule has 1 aromatic heterocycles. The number of aryl methyl sites for hydroxylation is 1. The summed E-state index contributed by atoms with van der Waals surface area (Å²) in [4.78, 5) is 27.2. The number of amides is 1. The molecule has 0 saturated carbocycles. The van der Waals surface area contributed by atoms with Gasteiger partial charge in [0.25, 0.3) is 5.95 Å². The quantitative estimate of drug-likeness (QED) is 0.514. The number of fused-ring (bicyclic) bond motifs is 1. The SMILES string of the molecule is Cc1ccc([C@H]2C[C@@H](c3ccc(F)cc3)n3nc(NC(=O)CCCC(=O)O)nc3N2)cc1. The normalized spacial score (nSPS) is 17.3. The van der Waals surface area contributed by atoms with Gasteiger partial charge in [-0.05, 0) is 43.0 Å². The van der Waals surface area contributed by atoms with Gasteiger partial charge in [0.05, 0.1) is 12.1 Å². The van der Waals surface area contributed by atoms with Crippen LogP contribution in [0.2, 0.25) is 0 Å².